The van der Waals surface area contributed by atoms with Gasteiger partial charge in [0.05, 0.1) is 0 Å². The van der Waals surface area contributed by atoms with Crippen LogP contribution in [0.1, 0.15) is 55.8 Å². The number of piperidine rings is 2. The molecule has 1 aromatic rings. The molecule has 0 saturated carbocycles. The molecule has 2 amide bonds. The van der Waals surface area contributed by atoms with Crippen molar-refractivity contribution in [3.63, 3.8) is 0 Å². The first-order valence-corrected chi connectivity index (χ1v) is 10.6. The molecule has 2 aliphatic heterocycles. The molecule has 6 heteroatoms. The number of nitrogens with one attached hydrogen (secondary N) is 1. The summed E-state index contributed by atoms with van der Waals surface area (Å²) in [5.41, 5.74) is 0.497. The highest BCUT2D eigenvalue weighted by molar-refractivity contribution is 5.94. The zero-order valence-electron chi connectivity index (χ0n) is 16.8. The Hall–Kier alpha value is -1.95. The number of rotatable bonds is 6. The third kappa shape index (κ3) is 5.53. The Balaban J connectivity index is 1.35. The maximum absolute atomic E-state index is 13.0. The highest BCUT2D eigenvalue weighted by Gasteiger charge is 2.27. The van der Waals surface area contributed by atoms with Crippen molar-refractivity contribution >= 4 is 11.8 Å². The van der Waals surface area contributed by atoms with Gasteiger partial charge in [-0.1, -0.05) is 6.42 Å². The summed E-state index contributed by atoms with van der Waals surface area (Å²) in [5, 5.41) is 3.08. The van der Waals surface area contributed by atoms with Gasteiger partial charge in [0.1, 0.15) is 5.82 Å². The Morgan fingerprint density at radius 2 is 1.79 bits per heavy atom. The van der Waals surface area contributed by atoms with E-state index in [9.17, 15) is 14.0 Å². The van der Waals surface area contributed by atoms with Gasteiger partial charge in [0.25, 0.3) is 5.91 Å². The van der Waals surface area contributed by atoms with Crippen LogP contribution in [0.2, 0.25) is 0 Å². The molecule has 0 aromatic heterocycles. The molecular weight excluding hydrogens is 357 g/mol. The van der Waals surface area contributed by atoms with E-state index >= 15 is 0 Å². The van der Waals surface area contributed by atoms with Crippen LogP contribution in [0, 0.1) is 11.7 Å². The van der Waals surface area contributed by atoms with E-state index in [-0.39, 0.29) is 23.5 Å². The lowest BCUT2D eigenvalue weighted by molar-refractivity contribution is -0.126. The summed E-state index contributed by atoms with van der Waals surface area (Å²) >= 11 is 0. The van der Waals surface area contributed by atoms with Crippen LogP contribution in [0.5, 0.6) is 0 Å². The summed E-state index contributed by atoms with van der Waals surface area (Å²) in [4.78, 5) is 29.2. The predicted molar refractivity (Wildman–Crippen MR) is 108 cm³/mol. The molecule has 5 nitrogen and oxygen atoms in total. The molecule has 2 aliphatic rings. The highest BCUT2D eigenvalue weighted by atomic mass is 19.1. The standard InChI is InChI=1S/C22H32FN3O2/c1-17-5-2-3-13-25(17)14-4-12-24-21(27)18-10-15-26(16-11-18)22(28)19-6-8-20(23)9-7-19/h6-9,17-18H,2-5,10-16H2,1H3,(H,24,27)/t17-/m1/s1. The molecule has 2 fully saturated rings. The minimum absolute atomic E-state index is 0.0221. The van der Waals surface area contributed by atoms with Crippen molar-refractivity contribution in [2.75, 3.05) is 32.7 Å². The van der Waals surface area contributed by atoms with Gasteiger partial charge in [-0.15, -0.1) is 0 Å². The molecular formula is C22H32FN3O2. The number of amides is 2. The number of carbonyl (C=O) groups excluding carboxylic acids is 2. The van der Waals surface area contributed by atoms with E-state index in [1.54, 1.807) is 4.90 Å². The third-order valence-corrected chi connectivity index (χ3v) is 6.11. The topological polar surface area (TPSA) is 52.7 Å². The van der Waals surface area contributed by atoms with Crippen LogP contribution in [0.25, 0.3) is 0 Å². The van der Waals surface area contributed by atoms with Crippen molar-refractivity contribution in [3.8, 4) is 0 Å². The number of carbonyl (C=O) groups is 2. The van der Waals surface area contributed by atoms with Crippen molar-refractivity contribution in [3.05, 3.63) is 35.6 Å². The fourth-order valence-corrected chi connectivity index (χ4v) is 4.25. The van der Waals surface area contributed by atoms with Gasteiger partial charge in [-0.25, -0.2) is 4.39 Å². The lowest BCUT2D eigenvalue weighted by atomic mass is 9.95. The Bertz CT molecular complexity index is 656. The number of likely N-dealkylation sites (tertiary alicyclic amines) is 2. The number of benzene rings is 1. The van der Waals surface area contributed by atoms with E-state index in [2.05, 4.69) is 17.1 Å². The predicted octanol–water partition coefficient (Wildman–Crippen LogP) is 3.06. The molecule has 2 saturated heterocycles. The van der Waals surface area contributed by atoms with Gasteiger partial charge >= 0.3 is 0 Å². The van der Waals surface area contributed by atoms with E-state index < -0.39 is 0 Å². The molecule has 3 rings (SSSR count). The number of hydrogen-bond acceptors (Lipinski definition) is 3. The first kappa shape index (κ1) is 20.8. The van der Waals surface area contributed by atoms with E-state index in [0.717, 1.165) is 19.5 Å². The van der Waals surface area contributed by atoms with Crippen LogP contribution in [0.3, 0.4) is 0 Å². The summed E-state index contributed by atoms with van der Waals surface area (Å²) in [6.45, 7) is 6.37. The van der Waals surface area contributed by atoms with Gasteiger partial charge in [0.15, 0.2) is 0 Å². The molecule has 2 heterocycles. The first-order chi connectivity index (χ1) is 13.5. The summed E-state index contributed by atoms with van der Waals surface area (Å²) in [5.74, 6) is -0.345. The number of hydrogen-bond donors (Lipinski definition) is 1. The molecule has 1 aromatic carbocycles. The van der Waals surface area contributed by atoms with Crippen molar-refractivity contribution in [2.45, 2.75) is 51.5 Å². The van der Waals surface area contributed by atoms with Gasteiger partial charge in [0, 0.05) is 43.7 Å². The van der Waals surface area contributed by atoms with Crippen molar-refractivity contribution in [2.24, 2.45) is 5.92 Å². The van der Waals surface area contributed by atoms with Crippen LogP contribution in [0.4, 0.5) is 4.39 Å². The highest BCUT2D eigenvalue weighted by Crippen LogP contribution is 2.20. The van der Waals surface area contributed by atoms with Crippen LogP contribution >= 0.6 is 0 Å². The van der Waals surface area contributed by atoms with Gasteiger partial charge in [0.2, 0.25) is 5.91 Å². The Morgan fingerprint density at radius 3 is 2.46 bits per heavy atom. The van der Waals surface area contributed by atoms with Crippen LogP contribution in [-0.2, 0) is 4.79 Å². The molecule has 0 aliphatic carbocycles. The Morgan fingerprint density at radius 1 is 1.07 bits per heavy atom. The van der Waals surface area contributed by atoms with Crippen LogP contribution < -0.4 is 5.32 Å². The Kier molecular flexibility index (Phi) is 7.43. The fourth-order valence-electron chi connectivity index (χ4n) is 4.25. The number of nitrogens with zero attached hydrogens (tertiary/aromatic N) is 2. The summed E-state index contributed by atoms with van der Waals surface area (Å²) in [6.07, 6.45) is 6.24. The lowest BCUT2D eigenvalue weighted by Crippen LogP contribution is -2.43. The maximum atomic E-state index is 13.0. The molecule has 1 N–H and O–H groups in total. The minimum atomic E-state index is -0.346. The summed E-state index contributed by atoms with van der Waals surface area (Å²) in [7, 11) is 0. The molecule has 1 atom stereocenters. The van der Waals surface area contributed by atoms with Crippen LogP contribution in [-0.4, -0.2) is 60.4 Å². The molecule has 0 bridgehead atoms. The second-order valence-electron chi connectivity index (χ2n) is 8.10. The average Bonchev–Trinajstić information content (AvgIpc) is 2.72. The van der Waals surface area contributed by atoms with Crippen molar-refractivity contribution < 1.29 is 14.0 Å². The second-order valence-corrected chi connectivity index (χ2v) is 8.10. The normalized spacial score (nSPS) is 21.5. The minimum Gasteiger partial charge on any atom is -0.356 e. The Labute approximate surface area is 167 Å². The smallest absolute Gasteiger partial charge is 0.253 e. The van der Waals surface area contributed by atoms with Crippen molar-refractivity contribution in [1.29, 1.82) is 0 Å². The number of halogens is 1. The zero-order chi connectivity index (χ0) is 19.9. The maximum Gasteiger partial charge on any atom is 0.253 e. The van der Waals surface area contributed by atoms with Gasteiger partial charge in [-0.05, 0) is 69.8 Å². The van der Waals surface area contributed by atoms with Gasteiger partial charge in [-0.3, -0.25) is 9.59 Å². The van der Waals surface area contributed by atoms with E-state index in [4.69, 9.17) is 0 Å². The quantitative estimate of drug-likeness (QED) is 0.761. The molecule has 0 radical (unpaired) electrons. The molecule has 28 heavy (non-hydrogen) atoms. The second kappa shape index (κ2) is 10.0. The molecule has 0 unspecified atom stereocenters. The lowest BCUT2D eigenvalue weighted by Gasteiger charge is -2.33. The largest absolute Gasteiger partial charge is 0.356 e. The van der Waals surface area contributed by atoms with Gasteiger partial charge < -0.3 is 15.1 Å². The van der Waals surface area contributed by atoms with Crippen LogP contribution in [0.15, 0.2) is 24.3 Å². The average molecular weight is 390 g/mol. The third-order valence-electron chi connectivity index (χ3n) is 6.11. The molecule has 0 spiro atoms. The monoisotopic (exact) mass is 389 g/mol. The summed E-state index contributed by atoms with van der Waals surface area (Å²) in [6, 6.07) is 6.29. The zero-order valence-corrected chi connectivity index (χ0v) is 16.8. The van der Waals surface area contributed by atoms with E-state index in [1.165, 1.54) is 50.1 Å². The molecule has 154 valence electrons. The van der Waals surface area contributed by atoms with Gasteiger partial charge in [-0.2, -0.15) is 0 Å². The summed E-state index contributed by atoms with van der Waals surface area (Å²) < 4.78 is 13.0. The SMILES string of the molecule is C[C@@H]1CCCCN1CCCNC(=O)C1CCN(C(=O)c2ccc(F)cc2)CC1. The van der Waals surface area contributed by atoms with E-state index in [1.807, 2.05) is 0 Å². The van der Waals surface area contributed by atoms with Crippen molar-refractivity contribution in [1.82, 2.24) is 15.1 Å². The fraction of sp³-hybridized carbons (Fsp3) is 0.636. The van der Waals surface area contributed by atoms with E-state index in [0.29, 0.717) is 37.5 Å². The first-order valence-electron chi connectivity index (χ1n) is 10.6.